The molecule has 1 heterocycles. The number of rotatable bonds is 3. The third kappa shape index (κ3) is 4.80. The van der Waals surface area contributed by atoms with Gasteiger partial charge in [-0.05, 0) is 6.42 Å². The van der Waals surface area contributed by atoms with E-state index in [4.69, 9.17) is 22.5 Å². The van der Waals surface area contributed by atoms with Gasteiger partial charge < -0.3 is 42.5 Å². The number of carbonyl (C=O) groups is 1. The van der Waals surface area contributed by atoms with Crippen LogP contribution in [0.25, 0.3) is 0 Å². The van der Waals surface area contributed by atoms with Crippen LogP contribution in [0.4, 0.5) is 0 Å². The maximum atomic E-state index is 11.4. The second-order valence-electron chi connectivity index (χ2n) is 3.84. The van der Waals surface area contributed by atoms with E-state index in [0.29, 0.717) is 0 Å². The number of carbonyl (C=O) groups excluding carboxylic acids is 1. The molecule has 0 aliphatic carbocycles. The summed E-state index contributed by atoms with van der Waals surface area (Å²) in [5.41, 5.74) is 0. The Hall–Kier alpha value is 0.555. The van der Waals surface area contributed by atoms with Gasteiger partial charge in [0.25, 0.3) is 0 Å². The Morgan fingerprint density at radius 1 is 1.58 bits per heavy atom. The van der Waals surface area contributed by atoms with Crippen LogP contribution in [-0.4, -0.2) is 69.5 Å². The van der Waals surface area contributed by atoms with Crippen molar-refractivity contribution >= 4 is 18.6 Å². The summed E-state index contributed by atoms with van der Waals surface area (Å²) < 4.78 is 11.7. The Bertz CT molecular complexity index is 293. The van der Waals surface area contributed by atoms with Gasteiger partial charge in [-0.25, -0.2) is 0 Å². The van der Waals surface area contributed by atoms with E-state index in [0.717, 1.165) is 33.2 Å². The zero-order valence-corrected chi connectivity index (χ0v) is 17.2. The Labute approximate surface area is 133 Å². The summed E-state index contributed by atoms with van der Waals surface area (Å²) in [4.78, 5) is 9.54. The standard InChI is InChI=1S/C9H16O7S.CH3.Hg/c1-15-8(14)9(17)2-4(11)6(13)7(16-9)5(12)3-10;;/h4-7,10-13,17H,2-3H2,1H3;1H3;/q;;+1/p-1/t4-,5-,6-,7-,9-;;/m1../s1. The van der Waals surface area contributed by atoms with E-state index in [-0.39, 0.29) is 6.42 Å². The average molecular weight is 483 g/mol. The molecule has 9 heteroatoms. The molecule has 1 rings (SSSR count). The molecule has 4 N–H and O–H groups in total. The second kappa shape index (κ2) is 8.76. The van der Waals surface area contributed by atoms with Gasteiger partial charge in [0.2, 0.25) is 0 Å². The molecule has 1 fully saturated rings. The first-order valence-corrected chi connectivity index (χ1v) is 11.6. The molecule has 19 heavy (non-hydrogen) atoms. The summed E-state index contributed by atoms with van der Waals surface area (Å²) in [6.45, 7) is -0.693. The van der Waals surface area contributed by atoms with E-state index >= 15 is 0 Å². The van der Waals surface area contributed by atoms with Crippen LogP contribution < -0.4 is 0 Å². The number of esters is 1. The predicted molar refractivity (Wildman–Crippen MR) is 62.6 cm³/mol. The summed E-state index contributed by atoms with van der Waals surface area (Å²) in [5.74, 6) is -0.895. The van der Waals surface area contributed by atoms with Gasteiger partial charge in [0.1, 0.15) is 18.3 Å². The van der Waals surface area contributed by atoms with Crippen LogP contribution in [0.5, 0.6) is 0 Å². The molecule has 7 nitrogen and oxygen atoms in total. The summed E-state index contributed by atoms with van der Waals surface area (Å²) >= 11 is 5.92. The molecule has 1 saturated heterocycles. The third-order valence-electron chi connectivity index (χ3n) is 2.60. The molecule has 108 valence electrons. The normalized spacial score (nSPS) is 35.9. The molecule has 1 aliphatic heterocycles. The van der Waals surface area contributed by atoms with Crippen LogP contribution in [-0.2, 0) is 53.0 Å². The molecule has 0 aromatic heterocycles. The zero-order chi connectivity index (χ0) is 15.2. The first-order valence-electron chi connectivity index (χ1n) is 5.68. The van der Waals surface area contributed by atoms with E-state index in [1.165, 1.54) is 0 Å². The first-order chi connectivity index (χ1) is 8.85. The zero-order valence-electron chi connectivity index (χ0n) is 10.9. The number of aliphatic hydroxyl groups excluding tert-OH is 4. The molecule has 0 spiro atoms. The van der Waals surface area contributed by atoms with Crippen molar-refractivity contribution in [3.05, 3.63) is 0 Å². The molecule has 0 unspecified atom stereocenters. The molecule has 0 radical (unpaired) electrons. The van der Waals surface area contributed by atoms with Gasteiger partial charge in [-0.15, -0.1) is 0 Å². The molecular formula is C10H18HgO7S. The van der Waals surface area contributed by atoms with Crippen molar-refractivity contribution in [3.63, 3.8) is 0 Å². The van der Waals surface area contributed by atoms with Gasteiger partial charge in [0, 0.05) is 0 Å². The first kappa shape index (κ1) is 19.6. The van der Waals surface area contributed by atoms with Crippen LogP contribution in [0.15, 0.2) is 0 Å². The van der Waals surface area contributed by atoms with Crippen LogP contribution in [0.3, 0.4) is 0 Å². The van der Waals surface area contributed by atoms with E-state index in [2.05, 4.69) is 9.17 Å². The molecule has 5 atom stereocenters. The van der Waals surface area contributed by atoms with E-state index in [9.17, 15) is 20.1 Å². The van der Waals surface area contributed by atoms with E-state index < -0.39 is 41.9 Å². The predicted octanol–water partition coefficient (Wildman–Crippen LogP) is -2.15. The minimum absolute atomic E-state index is 0.329. The number of hydrogen-bond donors (Lipinski definition) is 4. The van der Waals surface area contributed by atoms with Crippen molar-refractivity contribution in [2.75, 3.05) is 13.7 Å². The van der Waals surface area contributed by atoms with Crippen molar-refractivity contribution in [1.82, 2.24) is 0 Å². The monoisotopic (exact) mass is 484 g/mol. The van der Waals surface area contributed by atoms with Crippen molar-refractivity contribution in [3.8, 4) is 0 Å². The Kier molecular flexibility index (Phi) is 9.01. The van der Waals surface area contributed by atoms with Gasteiger partial charge in [-0.1, -0.05) is 0 Å². The molecular weight excluding hydrogens is 465 g/mol. The second-order valence-corrected chi connectivity index (χ2v) is 4.50. The van der Waals surface area contributed by atoms with Crippen LogP contribution >= 0.6 is 0 Å². The fourth-order valence-corrected chi connectivity index (χ4v) is 2.01. The minimum atomic E-state index is -1.87. The van der Waals surface area contributed by atoms with Gasteiger partial charge in [-0.2, -0.15) is 0 Å². The van der Waals surface area contributed by atoms with Gasteiger partial charge >= 0.3 is 36.5 Å². The van der Waals surface area contributed by atoms with Crippen molar-refractivity contribution in [2.24, 2.45) is 0 Å². The van der Waals surface area contributed by atoms with E-state index in [1.807, 2.05) is 0 Å². The number of aliphatic hydroxyl groups is 4. The van der Waals surface area contributed by atoms with Gasteiger partial charge in [0.15, 0.2) is 0 Å². The maximum absolute atomic E-state index is 11.4. The van der Waals surface area contributed by atoms with Crippen molar-refractivity contribution < 1.29 is 60.8 Å². The topological polar surface area (TPSA) is 116 Å². The van der Waals surface area contributed by atoms with Crippen LogP contribution in [0.2, 0.25) is 4.43 Å². The molecule has 0 aromatic rings. The summed E-state index contributed by atoms with van der Waals surface area (Å²) in [6.07, 6.45) is -5.90. The Morgan fingerprint density at radius 3 is 2.53 bits per heavy atom. The Balaban J connectivity index is 0.00000154. The average Bonchev–Trinajstić information content (AvgIpc) is 2.43. The third-order valence-corrected chi connectivity index (χ3v) is 3.03. The quantitative estimate of drug-likeness (QED) is 0.204. The SMILES string of the molecule is COC(=O)[C@]1([S-])C[C@@H](O)[C@@H](O)[C@@H]([C@H](O)CO)O1.[CH3][Hg+]. The summed E-state index contributed by atoms with van der Waals surface area (Å²) in [7, 11) is 1.11. The van der Waals surface area contributed by atoms with E-state index in [1.54, 1.807) is 0 Å². The van der Waals surface area contributed by atoms with Crippen molar-refractivity contribution in [1.29, 1.82) is 0 Å². The fourth-order valence-electron chi connectivity index (χ4n) is 1.65. The molecule has 0 aromatic carbocycles. The van der Waals surface area contributed by atoms with Crippen LogP contribution in [0, 0.1) is 0 Å². The Morgan fingerprint density at radius 2 is 2.11 bits per heavy atom. The van der Waals surface area contributed by atoms with Gasteiger partial charge in [-0.3, -0.25) is 4.79 Å². The number of hydrogen-bond acceptors (Lipinski definition) is 8. The summed E-state index contributed by atoms with van der Waals surface area (Å²) in [6, 6.07) is 0. The van der Waals surface area contributed by atoms with Crippen molar-refractivity contribution in [2.45, 2.75) is 40.2 Å². The summed E-state index contributed by atoms with van der Waals surface area (Å²) in [5, 5.41) is 37.4. The molecule has 1 aliphatic rings. The number of methoxy groups -OCH3 is 1. The van der Waals surface area contributed by atoms with Gasteiger partial charge in [0.05, 0.1) is 24.8 Å². The van der Waals surface area contributed by atoms with Crippen LogP contribution in [0.1, 0.15) is 6.42 Å². The molecule has 0 amide bonds. The fraction of sp³-hybridized carbons (Fsp3) is 0.900. The number of ether oxygens (including phenoxy) is 2. The molecule has 0 saturated carbocycles. The molecule has 0 bridgehead atoms.